The maximum Gasteiger partial charge on any atom is 0.240 e. The van der Waals surface area contributed by atoms with E-state index in [0.29, 0.717) is 18.7 Å². The molecule has 1 fully saturated rings. The molecule has 0 saturated carbocycles. The van der Waals surface area contributed by atoms with Crippen molar-refractivity contribution in [1.29, 1.82) is 0 Å². The predicted molar refractivity (Wildman–Crippen MR) is 141 cm³/mol. The zero-order valence-electron chi connectivity index (χ0n) is 20.7. The highest BCUT2D eigenvalue weighted by atomic mass is 32.2. The third-order valence-corrected chi connectivity index (χ3v) is 8.02. The topological polar surface area (TPSA) is 91.8 Å². The van der Waals surface area contributed by atoms with E-state index in [1.807, 2.05) is 55.6 Å². The summed E-state index contributed by atoms with van der Waals surface area (Å²) in [5, 5.41) is 10.5. The van der Waals surface area contributed by atoms with Crippen LogP contribution in [0.2, 0.25) is 0 Å². The maximum absolute atomic E-state index is 12.8. The number of nitrogens with zero attached hydrogens (tertiary/aromatic N) is 2. The molecule has 2 unspecified atom stereocenters. The number of nitrogens with one attached hydrogen (secondary N) is 1. The minimum absolute atomic E-state index is 0.257. The summed E-state index contributed by atoms with van der Waals surface area (Å²) in [6.45, 7) is 5.08. The number of hydrogen-bond acceptors (Lipinski definition) is 6. The van der Waals surface area contributed by atoms with Crippen LogP contribution in [-0.2, 0) is 16.4 Å². The van der Waals surface area contributed by atoms with Crippen LogP contribution in [0.3, 0.4) is 0 Å². The molecule has 8 heteroatoms. The Balaban J connectivity index is 1.32. The number of aryl methyl sites for hydroxylation is 1. The number of rotatable bonds is 12. The Morgan fingerprint density at radius 1 is 1.06 bits per heavy atom. The molecule has 1 aromatic heterocycles. The molecule has 2 atom stereocenters. The second-order valence-electron chi connectivity index (χ2n) is 9.29. The summed E-state index contributed by atoms with van der Waals surface area (Å²) in [5.74, 6) is 0.652. The first kappa shape index (κ1) is 26.3. The van der Waals surface area contributed by atoms with E-state index in [1.54, 1.807) is 24.4 Å². The van der Waals surface area contributed by atoms with Gasteiger partial charge in [-0.2, -0.15) is 0 Å². The lowest BCUT2D eigenvalue weighted by atomic mass is 10.0. The van der Waals surface area contributed by atoms with Gasteiger partial charge in [0.2, 0.25) is 10.0 Å². The largest absolute Gasteiger partial charge is 0.488 e. The Morgan fingerprint density at radius 3 is 2.56 bits per heavy atom. The third kappa shape index (κ3) is 7.36. The first-order valence-electron chi connectivity index (χ1n) is 12.6. The van der Waals surface area contributed by atoms with Gasteiger partial charge in [0.1, 0.15) is 11.9 Å². The number of aromatic nitrogens is 1. The summed E-state index contributed by atoms with van der Waals surface area (Å²) in [7, 11) is -3.57. The Morgan fingerprint density at radius 2 is 1.83 bits per heavy atom. The summed E-state index contributed by atoms with van der Waals surface area (Å²) >= 11 is 0. The number of likely N-dealkylation sites (tertiary alicyclic amines) is 1. The molecule has 4 rings (SSSR count). The summed E-state index contributed by atoms with van der Waals surface area (Å²) in [5.41, 5.74) is 2.79. The van der Waals surface area contributed by atoms with Gasteiger partial charge < -0.3 is 14.7 Å². The molecule has 0 bridgehead atoms. The van der Waals surface area contributed by atoms with Crippen LogP contribution in [0, 0.1) is 0 Å². The van der Waals surface area contributed by atoms with Crippen molar-refractivity contribution in [3.8, 4) is 16.9 Å². The molecule has 0 radical (unpaired) electrons. The van der Waals surface area contributed by atoms with E-state index in [4.69, 9.17) is 4.74 Å². The normalized spacial score (nSPS) is 16.1. The number of benzene rings is 2. The lowest BCUT2D eigenvalue weighted by molar-refractivity contribution is 0.0420. The molecule has 1 aliphatic heterocycles. The van der Waals surface area contributed by atoms with Crippen molar-refractivity contribution in [3.63, 3.8) is 0 Å². The van der Waals surface area contributed by atoms with Crippen LogP contribution in [-0.4, -0.2) is 61.8 Å². The van der Waals surface area contributed by atoms with Crippen LogP contribution < -0.4 is 9.46 Å². The van der Waals surface area contributed by atoms with Gasteiger partial charge in [-0.3, -0.25) is 4.98 Å². The lowest BCUT2D eigenvalue weighted by Gasteiger charge is -2.20. The van der Waals surface area contributed by atoms with Gasteiger partial charge in [0.15, 0.2) is 0 Å². The fraction of sp³-hybridized carbons (Fsp3) is 0.393. The van der Waals surface area contributed by atoms with Crippen molar-refractivity contribution in [3.05, 3.63) is 78.6 Å². The van der Waals surface area contributed by atoms with Crippen molar-refractivity contribution in [2.24, 2.45) is 0 Å². The van der Waals surface area contributed by atoms with Crippen LogP contribution >= 0.6 is 0 Å². The smallest absolute Gasteiger partial charge is 0.240 e. The van der Waals surface area contributed by atoms with Crippen LogP contribution in [0.25, 0.3) is 11.1 Å². The minimum atomic E-state index is -3.57. The van der Waals surface area contributed by atoms with Crippen molar-refractivity contribution < 1.29 is 18.3 Å². The molecular formula is C28H35N3O4S. The van der Waals surface area contributed by atoms with Crippen LogP contribution in [0.15, 0.2) is 78.0 Å². The highest BCUT2D eigenvalue weighted by Gasteiger charge is 2.18. The number of hydrogen-bond donors (Lipinski definition) is 2. The summed E-state index contributed by atoms with van der Waals surface area (Å²) in [4.78, 5) is 6.64. The van der Waals surface area contributed by atoms with Gasteiger partial charge in [-0.05, 0) is 92.7 Å². The molecule has 1 aliphatic rings. The zero-order chi connectivity index (χ0) is 25.4. The molecule has 2 heterocycles. The van der Waals surface area contributed by atoms with E-state index < -0.39 is 16.1 Å². The summed E-state index contributed by atoms with van der Waals surface area (Å²) in [6, 6.07) is 18.3. The first-order valence-corrected chi connectivity index (χ1v) is 14.1. The monoisotopic (exact) mass is 509 g/mol. The SMILES string of the molecule is CC(Oc1ccc(-c2cccc(S(=O)(=O)NCCN3CCCC3)c2)cc1)C(O)CCc1cccnc1. The molecule has 1 saturated heterocycles. The van der Waals surface area contributed by atoms with Crippen LogP contribution in [0.1, 0.15) is 31.7 Å². The van der Waals surface area contributed by atoms with E-state index in [2.05, 4.69) is 14.6 Å². The fourth-order valence-electron chi connectivity index (χ4n) is 4.38. The van der Waals surface area contributed by atoms with E-state index in [9.17, 15) is 13.5 Å². The molecule has 0 spiro atoms. The second-order valence-corrected chi connectivity index (χ2v) is 11.1. The van der Waals surface area contributed by atoms with Crippen LogP contribution in [0.5, 0.6) is 5.75 Å². The standard InChI is InChI=1S/C28H35N3O4S/c1-22(28(32)14-9-23-6-5-15-29-21-23)35-26-12-10-24(11-13-26)25-7-4-8-27(20-25)36(33,34)30-16-19-31-17-2-3-18-31/h4-8,10-13,15,20-22,28,30,32H,2-3,9,14,16-19H2,1H3. The number of ether oxygens (including phenoxy) is 1. The Bertz CT molecular complexity index is 1200. The van der Waals surface area contributed by atoms with Gasteiger partial charge in [0.25, 0.3) is 0 Å². The van der Waals surface area contributed by atoms with Gasteiger partial charge in [-0.15, -0.1) is 0 Å². The molecule has 36 heavy (non-hydrogen) atoms. The average molecular weight is 510 g/mol. The lowest BCUT2D eigenvalue weighted by Crippen LogP contribution is -2.33. The van der Waals surface area contributed by atoms with Gasteiger partial charge >= 0.3 is 0 Å². The Hall–Kier alpha value is -2.78. The predicted octanol–water partition coefficient (Wildman–Crippen LogP) is 3.88. The molecular weight excluding hydrogens is 474 g/mol. The van der Waals surface area contributed by atoms with E-state index in [0.717, 1.165) is 42.7 Å². The molecule has 0 aliphatic carbocycles. The number of aliphatic hydroxyl groups excluding tert-OH is 1. The Kier molecular flexibility index (Phi) is 9.09. The van der Waals surface area contributed by atoms with Crippen LogP contribution in [0.4, 0.5) is 0 Å². The van der Waals surface area contributed by atoms with E-state index >= 15 is 0 Å². The summed E-state index contributed by atoms with van der Waals surface area (Å²) < 4.78 is 34.3. The summed E-state index contributed by atoms with van der Waals surface area (Å²) in [6.07, 6.45) is 6.25. The maximum atomic E-state index is 12.8. The average Bonchev–Trinajstić information content (AvgIpc) is 3.42. The van der Waals surface area contributed by atoms with Crippen molar-refractivity contribution in [1.82, 2.24) is 14.6 Å². The molecule has 192 valence electrons. The Labute approximate surface area is 214 Å². The molecule has 7 nitrogen and oxygen atoms in total. The highest BCUT2D eigenvalue weighted by Crippen LogP contribution is 2.25. The van der Waals surface area contributed by atoms with Gasteiger partial charge in [-0.1, -0.05) is 30.3 Å². The van der Waals surface area contributed by atoms with Gasteiger partial charge in [0, 0.05) is 25.5 Å². The van der Waals surface area contributed by atoms with Gasteiger partial charge in [0.05, 0.1) is 11.0 Å². The molecule has 0 amide bonds. The minimum Gasteiger partial charge on any atom is -0.488 e. The quantitative estimate of drug-likeness (QED) is 0.385. The molecule has 2 N–H and O–H groups in total. The third-order valence-electron chi connectivity index (χ3n) is 6.57. The van der Waals surface area contributed by atoms with Crippen molar-refractivity contribution in [2.75, 3.05) is 26.2 Å². The second kappa shape index (κ2) is 12.5. The first-order chi connectivity index (χ1) is 17.4. The number of sulfonamides is 1. The van der Waals surface area contributed by atoms with Crippen molar-refractivity contribution >= 4 is 10.0 Å². The van der Waals surface area contributed by atoms with Gasteiger partial charge in [-0.25, -0.2) is 13.1 Å². The highest BCUT2D eigenvalue weighted by molar-refractivity contribution is 7.89. The van der Waals surface area contributed by atoms with Crippen molar-refractivity contribution in [2.45, 2.75) is 49.7 Å². The van der Waals surface area contributed by atoms with E-state index in [-0.39, 0.29) is 11.0 Å². The molecule has 2 aromatic carbocycles. The number of pyridine rings is 1. The number of aliphatic hydroxyl groups is 1. The molecule has 3 aromatic rings. The van der Waals surface area contributed by atoms with E-state index in [1.165, 1.54) is 12.8 Å². The zero-order valence-corrected chi connectivity index (χ0v) is 21.5. The fourth-order valence-corrected chi connectivity index (χ4v) is 5.45.